The molecule has 0 aliphatic carbocycles. The Hall–Kier alpha value is -3.07. The fraction of sp³-hybridized carbons (Fsp3) is 0.400. The molecular formula is C20H24FN5O3. The normalized spacial score (nSPS) is 16.2. The highest BCUT2D eigenvalue weighted by atomic mass is 19.1. The Kier molecular flexibility index (Phi) is 6.38. The number of carbonyl (C=O) groups is 2. The molecule has 0 saturated carbocycles. The van der Waals surface area contributed by atoms with Crippen molar-refractivity contribution < 1.29 is 18.7 Å². The molecule has 1 atom stereocenters. The molecule has 8 nitrogen and oxygen atoms in total. The van der Waals surface area contributed by atoms with Crippen LogP contribution in [0, 0.1) is 5.82 Å². The number of aromatic nitrogens is 2. The summed E-state index contributed by atoms with van der Waals surface area (Å²) in [6.07, 6.45) is 0.301. The van der Waals surface area contributed by atoms with E-state index in [2.05, 4.69) is 15.3 Å². The van der Waals surface area contributed by atoms with E-state index in [0.29, 0.717) is 30.3 Å². The minimum Gasteiger partial charge on any atom is -0.375 e. The van der Waals surface area contributed by atoms with E-state index >= 15 is 0 Å². The van der Waals surface area contributed by atoms with Crippen LogP contribution in [0.25, 0.3) is 0 Å². The molecule has 2 amide bonds. The molecule has 3 rings (SSSR count). The summed E-state index contributed by atoms with van der Waals surface area (Å²) in [5.41, 5.74) is 1.39. The van der Waals surface area contributed by atoms with E-state index < -0.39 is 0 Å². The molecule has 1 saturated heterocycles. The van der Waals surface area contributed by atoms with Gasteiger partial charge in [-0.15, -0.1) is 0 Å². The Morgan fingerprint density at radius 1 is 1.34 bits per heavy atom. The van der Waals surface area contributed by atoms with Crippen molar-refractivity contribution in [3.63, 3.8) is 0 Å². The second kappa shape index (κ2) is 8.95. The molecule has 1 aliphatic heterocycles. The lowest BCUT2D eigenvalue weighted by Gasteiger charge is -2.19. The van der Waals surface area contributed by atoms with E-state index in [-0.39, 0.29) is 36.7 Å². The standard InChI is InChI=1S/C20H24FN5O3/c1-22-17-9-16(23-18(24-17)11-25(2)20(28)12-29-3)13-8-19(27)26(10-13)15-6-4-14(21)5-7-15/h4-7,9,13H,8,10-12H2,1-3H3,(H,22,23,24)/t13-/m0/s1. The van der Waals surface area contributed by atoms with Crippen molar-refractivity contribution in [2.45, 2.75) is 18.9 Å². The number of amides is 2. The lowest BCUT2D eigenvalue weighted by molar-refractivity contribution is -0.134. The van der Waals surface area contributed by atoms with Gasteiger partial charge in [-0.1, -0.05) is 0 Å². The third-order valence-corrected chi connectivity index (χ3v) is 4.80. The molecule has 1 aromatic heterocycles. The molecule has 0 radical (unpaired) electrons. The topological polar surface area (TPSA) is 87.7 Å². The Balaban J connectivity index is 1.80. The third-order valence-electron chi connectivity index (χ3n) is 4.80. The number of carbonyl (C=O) groups excluding carboxylic acids is 2. The molecule has 0 unspecified atom stereocenters. The van der Waals surface area contributed by atoms with Crippen LogP contribution >= 0.6 is 0 Å². The van der Waals surface area contributed by atoms with Crippen molar-refractivity contribution in [2.24, 2.45) is 0 Å². The van der Waals surface area contributed by atoms with Crippen LogP contribution in [0.5, 0.6) is 0 Å². The van der Waals surface area contributed by atoms with Gasteiger partial charge in [0.15, 0.2) is 0 Å². The summed E-state index contributed by atoms with van der Waals surface area (Å²) in [5, 5.41) is 3.00. The van der Waals surface area contributed by atoms with Crippen LogP contribution in [-0.2, 0) is 20.9 Å². The number of anilines is 2. The smallest absolute Gasteiger partial charge is 0.248 e. The zero-order chi connectivity index (χ0) is 21.0. The zero-order valence-corrected chi connectivity index (χ0v) is 16.7. The Morgan fingerprint density at radius 3 is 2.72 bits per heavy atom. The van der Waals surface area contributed by atoms with Crippen LogP contribution in [0.4, 0.5) is 15.9 Å². The number of nitrogens with zero attached hydrogens (tertiary/aromatic N) is 4. The average molecular weight is 401 g/mol. The number of halogens is 1. The highest BCUT2D eigenvalue weighted by Crippen LogP contribution is 2.31. The number of benzene rings is 1. The van der Waals surface area contributed by atoms with Gasteiger partial charge in [-0.05, 0) is 24.3 Å². The summed E-state index contributed by atoms with van der Waals surface area (Å²) >= 11 is 0. The molecule has 0 bridgehead atoms. The van der Waals surface area contributed by atoms with Gasteiger partial charge in [0.25, 0.3) is 0 Å². The van der Waals surface area contributed by atoms with Gasteiger partial charge in [-0.3, -0.25) is 9.59 Å². The van der Waals surface area contributed by atoms with Crippen molar-refractivity contribution in [3.05, 3.63) is 47.7 Å². The predicted octanol–water partition coefficient (Wildman–Crippen LogP) is 1.78. The lowest BCUT2D eigenvalue weighted by Crippen LogP contribution is -2.30. The number of hydrogen-bond donors (Lipinski definition) is 1. The van der Waals surface area contributed by atoms with Crippen molar-refractivity contribution in [3.8, 4) is 0 Å². The Labute approximate surface area is 168 Å². The number of likely N-dealkylation sites (N-methyl/N-ethyl adjacent to an activating group) is 1. The number of methoxy groups -OCH3 is 1. The number of hydrogen-bond acceptors (Lipinski definition) is 6. The van der Waals surface area contributed by atoms with Gasteiger partial charge in [0.1, 0.15) is 24.1 Å². The monoisotopic (exact) mass is 401 g/mol. The highest BCUT2D eigenvalue weighted by molar-refractivity contribution is 5.96. The van der Waals surface area contributed by atoms with Gasteiger partial charge in [0, 0.05) is 51.8 Å². The zero-order valence-electron chi connectivity index (χ0n) is 16.7. The van der Waals surface area contributed by atoms with Gasteiger partial charge >= 0.3 is 0 Å². The van der Waals surface area contributed by atoms with E-state index in [1.165, 1.54) is 24.1 Å². The first-order valence-electron chi connectivity index (χ1n) is 9.25. The second-order valence-electron chi connectivity index (χ2n) is 6.91. The molecule has 154 valence electrons. The minimum absolute atomic E-state index is 0.0150. The molecule has 2 heterocycles. The summed E-state index contributed by atoms with van der Waals surface area (Å²) in [6, 6.07) is 7.68. The molecule has 9 heteroatoms. The molecule has 1 fully saturated rings. The second-order valence-corrected chi connectivity index (χ2v) is 6.91. The average Bonchev–Trinajstić information content (AvgIpc) is 3.10. The maximum Gasteiger partial charge on any atom is 0.248 e. The van der Waals surface area contributed by atoms with Crippen LogP contribution in [0.3, 0.4) is 0 Å². The van der Waals surface area contributed by atoms with Gasteiger partial charge < -0.3 is 19.9 Å². The van der Waals surface area contributed by atoms with Crippen molar-refractivity contribution in [1.82, 2.24) is 14.9 Å². The minimum atomic E-state index is -0.344. The Bertz CT molecular complexity index is 890. The molecule has 1 aromatic carbocycles. The van der Waals surface area contributed by atoms with E-state index in [1.54, 1.807) is 31.1 Å². The van der Waals surface area contributed by atoms with Crippen LogP contribution in [0.15, 0.2) is 30.3 Å². The SMILES string of the molecule is CNc1cc([C@H]2CC(=O)N(c3ccc(F)cc3)C2)nc(CN(C)C(=O)COC)n1. The molecule has 29 heavy (non-hydrogen) atoms. The highest BCUT2D eigenvalue weighted by Gasteiger charge is 2.33. The maximum atomic E-state index is 13.2. The largest absolute Gasteiger partial charge is 0.375 e. The summed E-state index contributed by atoms with van der Waals surface area (Å²) in [6.45, 7) is 0.661. The number of ether oxygens (including phenoxy) is 1. The quantitative estimate of drug-likeness (QED) is 0.761. The summed E-state index contributed by atoms with van der Waals surface area (Å²) < 4.78 is 18.1. The molecule has 1 N–H and O–H groups in total. The molecular weight excluding hydrogens is 377 g/mol. The molecule has 2 aromatic rings. The van der Waals surface area contributed by atoms with Crippen LogP contribution in [0.2, 0.25) is 0 Å². The van der Waals surface area contributed by atoms with Crippen molar-refractivity contribution >= 4 is 23.3 Å². The summed E-state index contributed by atoms with van der Waals surface area (Å²) in [7, 11) is 4.87. The summed E-state index contributed by atoms with van der Waals surface area (Å²) in [4.78, 5) is 36.6. The summed E-state index contributed by atoms with van der Waals surface area (Å²) in [5.74, 6) is 0.410. The van der Waals surface area contributed by atoms with Crippen LogP contribution < -0.4 is 10.2 Å². The van der Waals surface area contributed by atoms with Crippen molar-refractivity contribution in [2.75, 3.05) is 44.6 Å². The Morgan fingerprint density at radius 2 is 2.07 bits per heavy atom. The fourth-order valence-electron chi connectivity index (χ4n) is 3.24. The first-order valence-corrected chi connectivity index (χ1v) is 9.25. The van der Waals surface area contributed by atoms with Gasteiger partial charge in [0.05, 0.1) is 12.2 Å². The van der Waals surface area contributed by atoms with Crippen LogP contribution in [0.1, 0.15) is 23.9 Å². The lowest BCUT2D eigenvalue weighted by atomic mass is 10.0. The predicted molar refractivity (Wildman–Crippen MR) is 106 cm³/mol. The van der Waals surface area contributed by atoms with Gasteiger partial charge in [0.2, 0.25) is 11.8 Å². The van der Waals surface area contributed by atoms with E-state index in [0.717, 1.165) is 5.69 Å². The first kappa shape index (κ1) is 20.7. The van der Waals surface area contributed by atoms with Crippen LogP contribution in [-0.4, -0.2) is 61.0 Å². The van der Waals surface area contributed by atoms with Crippen molar-refractivity contribution in [1.29, 1.82) is 0 Å². The van der Waals surface area contributed by atoms with E-state index in [9.17, 15) is 14.0 Å². The van der Waals surface area contributed by atoms with Gasteiger partial charge in [-0.2, -0.15) is 0 Å². The number of nitrogens with one attached hydrogen (secondary N) is 1. The molecule has 1 aliphatic rings. The maximum absolute atomic E-state index is 13.2. The van der Waals surface area contributed by atoms with E-state index in [1.807, 2.05) is 6.07 Å². The van der Waals surface area contributed by atoms with Gasteiger partial charge in [-0.25, -0.2) is 14.4 Å². The third kappa shape index (κ3) is 4.86. The fourth-order valence-corrected chi connectivity index (χ4v) is 3.24. The number of rotatable bonds is 7. The van der Waals surface area contributed by atoms with E-state index in [4.69, 9.17) is 4.74 Å². The molecule has 0 spiro atoms. The first-order chi connectivity index (χ1) is 13.9.